The molecule has 2 atom stereocenters. The second kappa shape index (κ2) is 6.11. The number of hydrogen-bond donors (Lipinski definition) is 1. The average Bonchev–Trinajstić information content (AvgIpc) is 2.69. The summed E-state index contributed by atoms with van der Waals surface area (Å²) >= 11 is 1.71. The number of aromatic nitrogens is 1. The fraction of sp³-hybridized carbons (Fsp3) is 0.700. The second-order valence-corrected chi connectivity index (χ2v) is 4.34. The molecule has 1 aromatic rings. The van der Waals surface area contributed by atoms with Crippen molar-refractivity contribution in [1.29, 1.82) is 0 Å². The van der Waals surface area contributed by atoms with Crippen molar-refractivity contribution in [3.8, 4) is 0 Å². The van der Waals surface area contributed by atoms with E-state index in [9.17, 15) is 0 Å². The molecule has 0 aliphatic rings. The summed E-state index contributed by atoms with van der Waals surface area (Å²) in [4.78, 5) is 4.23. The van der Waals surface area contributed by atoms with Crippen LogP contribution < -0.4 is 5.32 Å². The van der Waals surface area contributed by atoms with Crippen molar-refractivity contribution >= 4 is 11.3 Å². The van der Waals surface area contributed by atoms with Crippen molar-refractivity contribution in [3.05, 3.63) is 16.6 Å². The zero-order chi connectivity index (χ0) is 10.4. The molecule has 0 saturated heterocycles. The van der Waals surface area contributed by atoms with Crippen LogP contribution in [-0.2, 0) is 11.2 Å². The number of nitrogens with one attached hydrogen (secondary N) is 1. The molecule has 0 aliphatic heterocycles. The topological polar surface area (TPSA) is 34.1 Å². The molecular weight excluding hydrogens is 196 g/mol. The molecular formula is C10H18N2OS. The van der Waals surface area contributed by atoms with Crippen LogP contribution in [0.5, 0.6) is 0 Å². The minimum absolute atomic E-state index is 0.256. The molecule has 0 spiro atoms. The summed E-state index contributed by atoms with van der Waals surface area (Å²) in [6, 6.07) is 0.389. The number of rotatable bonds is 6. The number of methoxy groups -OCH3 is 1. The van der Waals surface area contributed by atoms with Crippen LogP contribution in [0.1, 0.15) is 18.9 Å². The number of hydrogen-bond acceptors (Lipinski definition) is 4. The van der Waals surface area contributed by atoms with Crippen molar-refractivity contribution in [2.45, 2.75) is 32.4 Å². The molecule has 1 N–H and O–H groups in total. The maximum atomic E-state index is 5.22. The predicted molar refractivity (Wildman–Crippen MR) is 59.8 cm³/mol. The van der Waals surface area contributed by atoms with Gasteiger partial charge in [0.15, 0.2) is 0 Å². The van der Waals surface area contributed by atoms with Crippen LogP contribution >= 0.6 is 11.3 Å². The molecule has 0 fully saturated rings. The molecule has 3 nitrogen and oxygen atoms in total. The van der Waals surface area contributed by atoms with Crippen molar-refractivity contribution < 1.29 is 4.74 Å². The van der Waals surface area contributed by atoms with Gasteiger partial charge >= 0.3 is 0 Å². The normalized spacial score (nSPS) is 15.4. The molecule has 2 unspecified atom stereocenters. The van der Waals surface area contributed by atoms with Crippen LogP contribution in [-0.4, -0.2) is 30.8 Å². The maximum absolute atomic E-state index is 5.22. The smallest absolute Gasteiger partial charge is 0.0937 e. The van der Waals surface area contributed by atoms with Gasteiger partial charge in [0.25, 0.3) is 0 Å². The van der Waals surface area contributed by atoms with E-state index in [1.165, 1.54) is 5.01 Å². The molecule has 1 aromatic heterocycles. The molecule has 0 saturated carbocycles. The van der Waals surface area contributed by atoms with Crippen molar-refractivity contribution in [3.63, 3.8) is 0 Å². The van der Waals surface area contributed by atoms with Gasteiger partial charge in [0, 0.05) is 37.7 Å². The standard InChI is InChI=1S/C10H18N2OS/c1-8(9(2)13-3)11-5-4-10-12-6-7-14-10/h6-9,11H,4-5H2,1-3H3. The monoisotopic (exact) mass is 214 g/mol. The Kier molecular flexibility index (Phi) is 5.07. The van der Waals surface area contributed by atoms with Crippen molar-refractivity contribution in [1.82, 2.24) is 10.3 Å². The molecule has 14 heavy (non-hydrogen) atoms. The number of ether oxygens (including phenoxy) is 1. The van der Waals surface area contributed by atoms with Gasteiger partial charge in [-0.1, -0.05) is 0 Å². The van der Waals surface area contributed by atoms with Gasteiger partial charge in [0.1, 0.15) is 0 Å². The lowest BCUT2D eigenvalue weighted by molar-refractivity contribution is 0.0890. The van der Waals surface area contributed by atoms with Crippen LogP contribution in [0.4, 0.5) is 0 Å². The zero-order valence-electron chi connectivity index (χ0n) is 8.99. The lowest BCUT2D eigenvalue weighted by atomic mass is 10.2. The van der Waals surface area contributed by atoms with Crippen LogP contribution in [0.3, 0.4) is 0 Å². The quantitative estimate of drug-likeness (QED) is 0.782. The van der Waals surface area contributed by atoms with E-state index in [4.69, 9.17) is 4.74 Å². The Balaban J connectivity index is 2.15. The number of thiazole rings is 1. The molecule has 1 rings (SSSR count). The van der Waals surface area contributed by atoms with E-state index in [0.29, 0.717) is 6.04 Å². The summed E-state index contributed by atoms with van der Waals surface area (Å²) in [5, 5.41) is 6.61. The van der Waals surface area contributed by atoms with Gasteiger partial charge in [-0.2, -0.15) is 0 Å². The van der Waals surface area contributed by atoms with Crippen molar-refractivity contribution in [2.75, 3.05) is 13.7 Å². The molecule has 0 aliphatic carbocycles. The minimum atomic E-state index is 0.256. The first-order valence-corrected chi connectivity index (χ1v) is 5.76. The van der Waals surface area contributed by atoms with Gasteiger partial charge in [0.2, 0.25) is 0 Å². The summed E-state index contributed by atoms with van der Waals surface area (Å²) in [5.74, 6) is 0. The summed E-state index contributed by atoms with van der Waals surface area (Å²) < 4.78 is 5.22. The largest absolute Gasteiger partial charge is 0.380 e. The molecule has 1 heterocycles. The third-order valence-electron chi connectivity index (χ3n) is 2.36. The number of nitrogens with zero attached hydrogens (tertiary/aromatic N) is 1. The van der Waals surface area contributed by atoms with Crippen LogP contribution in [0.15, 0.2) is 11.6 Å². The fourth-order valence-electron chi connectivity index (χ4n) is 1.15. The molecule has 0 amide bonds. The first kappa shape index (κ1) is 11.6. The lowest BCUT2D eigenvalue weighted by Crippen LogP contribution is -2.37. The van der Waals surface area contributed by atoms with Gasteiger partial charge in [0.05, 0.1) is 11.1 Å². The Morgan fingerprint density at radius 1 is 1.57 bits per heavy atom. The summed E-state index contributed by atoms with van der Waals surface area (Å²) in [5.41, 5.74) is 0. The van der Waals surface area contributed by atoms with E-state index in [0.717, 1.165) is 13.0 Å². The fourth-order valence-corrected chi connectivity index (χ4v) is 1.77. The van der Waals surface area contributed by atoms with Gasteiger partial charge in [-0.15, -0.1) is 11.3 Å². The zero-order valence-corrected chi connectivity index (χ0v) is 9.80. The summed E-state index contributed by atoms with van der Waals surface area (Å²) in [7, 11) is 1.74. The first-order chi connectivity index (χ1) is 6.74. The minimum Gasteiger partial charge on any atom is -0.380 e. The third kappa shape index (κ3) is 3.74. The van der Waals surface area contributed by atoms with E-state index in [1.807, 2.05) is 11.6 Å². The van der Waals surface area contributed by atoms with Gasteiger partial charge in [-0.3, -0.25) is 0 Å². The highest BCUT2D eigenvalue weighted by Gasteiger charge is 2.09. The average molecular weight is 214 g/mol. The van der Waals surface area contributed by atoms with E-state index >= 15 is 0 Å². The molecule has 4 heteroatoms. The van der Waals surface area contributed by atoms with Crippen LogP contribution in [0.25, 0.3) is 0 Å². The first-order valence-electron chi connectivity index (χ1n) is 4.88. The lowest BCUT2D eigenvalue weighted by Gasteiger charge is -2.19. The van der Waals surface area contributed by atoms with E-state index in [2.05, 4.69) is 24.1 Å². The highest BCUT2D eigenvalue weighted by Crippen LogP contribution is 2.04. The van der Waals surface area contributed by atoms with Crippen molar-refractivity contribution in [2.24, 2.45) is 0 Å². The van der Waals surface area contributed by atoms with Gasteiger partial charge < -0.3 is 10.1 Å². The van der Waals surface area contributed by atoms with E-state index in [-0.39, 0.29) is 6.10 Å². The van der Waals surface area contributed by atoms with Crippen LogP contribution in [0.2, 0.25) is 0 Å². The molecule has 0 bridgehead atoms. The molecule has 0 aromatic carbocycles. The Morgan fingerprint density at radius 3 is 2.93 bits per heavy atom. The third-order valence-corrected chi connectivity index (χ3v) is 3.20. The van der Waals surface area contributed by atoms with Crippen LogP contribution in [0, 0.1) is 0 Å². The van der Waals surface area contributed by atoms with E-state index in [1.54, 1.807) is 18.4 Å². The molecule has 0 radical (unpaired) electrons. The SMILES string of the molecule is COC(C)C(C)NCCc1nccs1. The Morgan fingerprint density at radius 2 is 2.36 bits per heavy atom. The van der Waals surface area contributed by atoms with Gasteiger partial charge in [-0.25, -0.2) is 4.98 Å². The second-order valence-electron chi connectivity index (χ2n) is 3.36. The summed E-state index contributed by atoms with van der Waals surface area (Å²) in [6.45, 7) is 5.17. The van der Waals surface area contributed by atoms with E-state index < -0.39 is 0 Å². The molecule has 80 valence electrons. The Labute approximate surface area is 89.5 Å². The Bertz CT molecular complexity index is 238. The summed E-state index contributed by atoms with van der Waals surface area (Å²) in [6.07, 6.45) is 3.10. The Hall–Kier alpha value is -0.450. The maximum Gasteiger partial charge on any atom is 0.0937 e. The van der Waals surface area contributed by atoms with Gasteiger partial charge in [-0.05, 0) is 13.8 Å². The predicted octanol–water partition coefficient (Wildman–Crippen LogP) is 1.70. The highest BCUT2D eigenvalue weighted by molar-refractivity contribution is 7.09. The highest BCUT2D eigenvalue weighted by atomic mass is 32.1.